The lowest BCUT2D eigenvalue weighted by Gasteiger charge is -2.10. The van der Waals surface area contributed by atoms with Gasteiger partial charge in [-0.1, -0.05) is 12.1 Å². The van der Waals surface area contributed by atoms with Crippen molar-refractivity contribution in [3.63, 3.8) is 0 Å². The lowest BCUT2D eigenvalue weighted by Crippen LogP contribution is -1.97. The summed E-state index contributed by atoms with van der Waals surface area (Å²) < 4.78 is 0. The number of hydrogen-bond acceptors (Lipinski definition) is 2. The van der Waals surface area contributed by atoms with Crippen LogP contribution in [0.25, 0.3) is 11.1 Å². The van der Waals surface area contributed by atoms with Crippen LogP contribution < -0.4 is 5.73 Å². The van der Waals surface area contributed by atoms with Crippen molar-refractivity contribution in [2.24, 2.45) is 5.73 Å². The summed E-state index contributed by atoms with van der Waals surface area (Å²) >= 11 is 1.72. The number of benzene rings is 1. The molecule has 1 heterocycles. The minimum Gasteiger partial charge on any atom is -0.326 e. The Labute approximate surface area is 101 Å². The van der Waals surface area contributed by atoms with Gasteiger partial charge in [0.25, 0.3) is 0 Å². The molecule has 84 valence electrons. The molecule has 0 spiro atoms. The maximum absolute atomic E-state index is 5.76. The van der Waals surface area contributed by atoms with Crippen LogP contribution >= 0.6 is 11.3 Å². The molecule has 0 aliphatic heterocycles. The zero-order chi connectivity index (χ0) is 11.7. The summed E-state index contributed by atoms with van der Waals surface area (Å²) in [6.45, 7) is 7.10. The third-order valence-corrected chi connectivity index (χ3v) is 3.89. The van der Waals surface area contributed by atoms with Gasteiger partial charge in [-0.25, -0.2) is 0 Å². The van der Waals surface area contributed by atoms with Crippen LogP contribution in [-0.2, 0) is 6.54 Å². The molecule has 0 fully saturated rings. The monoisotopic (exact) mass is 231 g/mol. The van der Waals surface area contributed by atoms with Gasteiger partial charge in [0, 0.05) is 6.54 Å². The molecular formula is C14H17NS. The van der Waals surface area contributed by atoms with E-state index in [2.05, 4.69) is 43.7 Å². The Balaban J connectivity index is 2.60. The van der Waals surface area contributed by atoms with E-state index in [9.17, 15) is 0 Å². The Hall–Kier alpha value is -1.12. The molecule has 1 nitrogen and oxygen atoms in total. The summed E-state index contributed by atoms with van der Waals surface area (Å²) in [6, 6.07) is 4.52. The summed E-state index contributed by atoms with van der Waals surface area (Å²) in [5, 5.41) is 4.34. The number of hydrogen-bond donors (Lipinski definition) is 1. The normalized spacial score (nSPS) is 10.8. The number of aryl methyl sites for hydroxylation is 3. The Morgan fingerprint density at radius 2 is 1.62 bits per heavy atom. The molecule has 2 N–H and O–H groups in total. The first-order valence-corrected chi connectivity index (χ1v) is 6.41. The van der Waals surface area contributed by atoms with E-state index in [1.54, 1.807) is 11.3 Å². The van der Waals surface area contributed by atoms with Crippen LogP contribution in [0, 0.1) is 20.8 Å². The molecular weight excluding hydrogens is 214 g/mol. The van der Waals surface area contributed by atoms with Crippen molar-refractivity contribution >= 4 is 11.3 Å². The van der Waals surface area contributed by atoms with Crippen molar-refractivity contribution in [2.75, 3.05) is 0 Å². The lowest BCUT2D eigenvalue weighted by molar-refractivity contribution is 1.08. The number of rotatable bonds is 2. The maximum Gasteiger partial charge on any atom is 0.0192 e. The highest BCUT2D eigenvalue weighted by molar-refractivity contribution is 7.08. The fraction of sp³-hybridized carbons (Fsp3) is 0.286. The van der Waals surface area contributed by atoms with Crippen molar-refractivity contribution in [3.05, 3.63) is 45.1 Å². The summed E-state index contributed by atoms with van der Waals surface area (Å²) in [4.78, 5) is 0. The Bertz CT molecular complexity index is 511. The lowest BCUT2D eigenvalue weighted by atomic mass is 9.95. The molecule has 1 aromatic carbocycles. The second-order valence-electron chi connectivity index (χ2n) is 4.27. The standard InChI is InChI=1S/C14H17NS/c1-9-4-11(3)13(5-10(9)2)14-8-16-7-12(14)6-15/h4-5,7-8H,6,15H2,1-3H3. The predicted molar refractivity (Wildman–Crippen MR) is 71.9 cm³/mol. The first-order chi connectivity index (χ1) is 7.63. The van der Waals surface area contributed by atoms with Crippen molar-refractivity contribution in [1.29, 1.82) is 0 Å². The summed E-state index contributed by atoms with van der Waals surface area (Å²) in [7, 11) is 0. The highest BCUT2D eigenvalue weighted by Crippen LogP contribution is 2.31. The summed E-state index contributed by atoms with van der Waals surface area (Å²) in [5.74, 6) is 0. The Morgan fingerprint density at radius 1 is 0.938 bits per heavy atom. The minimum atomic E-state index is 0.616. The van der Waals surface area contributed by atoms with E-state index < -0.39 is 0 Å². The van der Waals surface area contributed by atoms with Crippen molar-refractivity contribution < 1.29 is 0 Å². The van der Waals surface area contributed by atoms with Gasteiger partial charge in [0.1, 0.15) is 0 Å². The molecule has 0 aliphatic rings. The van der Waals surface area contributed by atoms with E-state index in [1.807, 2.05) is 0 Å². The highest BCUT2D eigenvalue weighted by Gasteiger charge is 2.09. The van der Waals surface area contributed by atoms with Crippen LogP contribution in [0.4, 0.5) is 0 Å². The van der Waals surface area contributed by atoms with E-state index in [1.165, 1.54) is 33.4 Å². The van der Waals surface area contributed by atoms with E-state index in [0.29, 0.717) is 6.54 Å². The van der Waals surface area contributed by atoms with Crippen molar-refractivity contribution in [1.82, 2.24) is 0 Å². The largest absolute Gasteiger partial charge is 0.326 e. The first kappa shape index (κ1) is 11.4. The maximum atomic E-state index is 5.76. The molecule has 2 rings (SSSR count). The smallest absolute Gasteiger partial charge is 0.0192 e. The van der Waals surface area contributed by atoms with Crippen molar-refractivity contribution in [3.8, 4) is 11.1 Å². The summed E-state index contributed by atoms with van der Waals surface area (Å²) in [5.41, 5.74) is 13.7. The number of thiophene rings is 1. The van der Waals surface area contributed by atoms with Crippen LogP contribution in [0.15, 0.2) is 22.9 Å². The van der Waals surface area contributed by atoms with Gasteiger partial charge in [0.15, 0.2) is 0 Å². The van der Waals surface area contributed by atoms with Gasteiger partial charge in [-0.15, -0.1) is 0 Å². The van der Waals surface area contributed by atoms with Gasteiger partial charge in [-0.05, 0) is 64.9 Å². The molecule has 0 aliphatic carbocycles. The molecule has 0 bridgehead atoms. The molecule has 0 saturated heterocycles. The predicted octanol–water partition coefficient (Wildman–Crippen LogP) is 3.80. The SMILES string of the molecule is Cc1cc(C)c(-c2cscc2CN)cc1C. The third kappa shape index (κ3) is 1.91. The van der Waals surface area contributed by atoms with Crippen LogP contribution in [0.2, 0.25) is 0 Å². The molecule has 16 heavy (non-hydrogen) atoms. The fourth-order valence-corrected chi connectivity index (χ4v) is 2.84. The zero-order valence-corrected chi connectivity index (χ0v) is 10.8. The Morgan fingerprint density at radius 3 is 2.31 bits per heavy atom. The van der Waals surface area contributed by atoms with E-state index >= 15 is 0 Å². The molecule has 2 heteroatoms. The fourth-order valence-electron chi connectivity index (χ4n) is 1.97. The molecule has 0 amide bonds. The average Bonchev–Trinajstić information content (AvgIpc) is 2.71. The van der Waals surface area contributed by atoms with E-state index in [0.717, 1.165) is 0 Å². The molecule has 0 radical (unpaired) electrons. The second-order valence-corrected chi connectivity index (χ2v) is 5.01. The van der Waals surface area contributed by atoms with E-state index in [4.69, 9.17) is 5.73 Å². The van der Waals surface area contributed by atoms with E-state index in [-0.39, 0.29) is 0 Å². The van der Waals surface area contributed by atoms with Gasteiger partial charge in [0.05, 0.1) is 0 Å². The average molecular weight is 231 g/mol. The third-order valence-electron chi connectivity index (χ3n) is 3.09. The molecule has 1 aromatic heterocycles. The topological polar surface area (TPSA) is 26.0 Å². The van der Waals surface area contributed by atoms with Crippen LogP contribution in [0.1, 0.15) is 22.3 Å². The van der Waals surface area contributed by atoms with Gasteiger partial charge < -0.3 is 5.73 Å². The van der Waals surface area contributed by atoms with Gasteiger partial charge >= 0.3 is 0 Å². The van der Waals surface area contributed by atoms with Gasteiger partial charge in [-0.2, -0.15) is 11.3 Å². The zero-order valence-electron chi connectivity index (χ0n) is 10.0. The van der Waals surface area contributed by atoms with Gasteiger partial charge in [-0.3, -0.25) is 0 Å². The molecule has 0 atom stereocenters. The quantitative estimate of drug-likeness (QED) is 0.836. The van der Waals surface area contributed by atoms with Crippen LogP contribution in [0.3, 0.4) is 0 Å². The minimum absolute atomic E-state index is 0.616. The summed E-state index contributed by atoms with van der Waals surface area (Å²) in [6.07, 6.45) is 0. The van der Waals surface area contributed by atoms with Crippen LogP contribution in [0.5, 0.6) is 0 Å². The molecule has 2 aromatic rings. The molecule has 0 saturated carbocycles. The Kier molecular flexibility index (Phi) is 3.13. The van der Waals surface area contributed by atoms with Crippen molar-refractivity contribution in [2.45, 2.75) is 27.3 Å². The second kappa shape index (κ2) is 4.40. The number of nitrogens with two attached hydrogens (primary N) is 1. The first-order valence-electron chi connectivity index (χ1n) is 5.47. The van der Waals surface area contributed by atoms with Crippen LogP contribution in [-0.4, -0.2) is 0 Å². The molecule has 0 unspecified atom stereocenters. The van der Waals surface area contributed by atoms with Gasteiger partial charge in [0.2, 0.25) is 0 Å². The highest BCUT2D eigenvalue weighted by atomic mass is 32.1.